The zero-order valence-electron chi connectivity index (χ0n) is 8.36. The molecule has 0 aromatic heterocycles. The van der Waals surface area contributed by atoms with Gasteiger partial charge in [0, 0.05) is 0 Å². The van der Waals surface area contributed by atoms with Crippen molar-refractivity contribution in [1.82, 2.24) is 0 Å². The predicted octanol–water partition coefficient (Wildman–Crippen LogP) is 3.60. The number of halogens is 4. The van der Waals surface area contributed by atoms with Crippen molar-refractivity contribution in [3.05, 3.63) is 47.3 Å². The SMILES string of the molecule is C=C(C)C(=O)c1cccc(C(F)(F)F)c1F. The molecule has 0 aliphatic rings. The Balaban J connectivity index is 3.36. The van der Waals surface area contributed by atoms with Crippen molar-refractivity contribution in [3.63, 3.8) is 0 Å². The second-order valence-corrected chi connectivity index (χ2v) is 3.27. The molecule has 0 saturated carbocycles. The molecule has 1 aromatic carbocycles. The summed E-state index contributed by atoms with van der Waals surface area (Å²) in [6, 6.07) is 2.58. The van der Waals surface area contributed by atoms with E-state index < -0.39 is 28.9 Å². The first kappa shape index (κ1) is 12.4. The fraction of sp³-hybridized carbons (Fsp3) is 0.182. The lowest BCUT2D eigenvalue weighted by Crippen LogP contribution is -2.12. The van der Waals surface area contributed by atoms with Gasteiger partial charge in [0.25, 0.3) is 0 Å². The van der Waals surface area contributed by atoms with Gasteiger partial charge in [-0.15, -0.1) is 0 Å². The highest BCUT2D eigenvalue weighted by Crippen LogP contribution is 2.32. The number of hydrogen-bond donors (Lipinski definition) is 0. The zero-order chi connectivity index (χ0) is 12.5. The van der Waals surface area contributed by atoms with E-state index in [0.717, 1.165) is 12.1 Å². The Bertz CT molecular complexity index is 446. The number of benzene rings is 1. The van der Waals surface area contributed by atoms with Crippen LogP contribution in [0.1, 0.15) is 22.8 Å². The lowest BCUT2D eigenvalue weighted by Gasteiger charge is -2.10. The van der Waals surface area contributed by atoms with Crippen molar-refractivity contribution < 1.29 is 22.4 Å². The van der Waals surface area contributed by atoms with E-state index in [-0.39, 0.29) is 5.57 Å². The summed E-state index contributed by atoms with van der Waals surface area (Å²) in [5, 5.41) is 0. The van der Waals surface area contributed by atoms with E-state index in [1.165, 1.54) is 6.92 Å². The maximum atomic E-state index is 13.4. The maximum Gasteiger partial charge on any atom is 0.419 e. The van der Waals surface area contributed by atoms with Gasteiger partial charge in [0.15, 0.2) is 5.78 Å². The van der Waals surface area contributed by atoms with Gasteiger partial charge in [-0.25, -0.2) is 4.39 Å². The van der Waals surface area contributed by atoms with E-state index in [1.807, 2.05) is 0 Å². The van der Waals surface area contributed by atoms with E-state index in [9.17, 15) is 22.4 Å². The molecule has 86 valence electrons. The number of carbonyl (C=O) groups is 1. The Labute approximate surface area is 89.4 Å². The first-order chi connectivity index (χ1) is 7.25. The van der Waals surface area contributed by atoms with Gasteiger partial charge in [0.1, 0.15) is 5.82 Å². The third-order valence-electron chi connectivity index (χ3n) is 1.94. The van der Waals surface area contributed by atoms with Gasteiger partial charge in [-0.05, 0) is 24.6 Å². The van der Waals surface area contributed by atoms with E-state index in [1.54, 1.807) is 0 Å². The Hall–Kier alpha value is -1.65. The smallest absolute Gasteiger partial charge is 0.289 e. The number of hydrogen-bond acceptors (Lipinski definition) is 1. The van der Waals surface area contributed by atoms with Crippen LogP contribution >= 0.6 is 0 Å². The minimum Gasteiger partial charge on any atom is -0.289 e. The molecule has 0 amide bonds. The van der Waals surface area contributed by atoms with Crippen molar-refractivity contribution >= 4 is 5.78 Å². The van der Waals surface area contributed by atoms with Gasteiger partial charge < -0.3 is 0 Å². The fourth-order valence-electron chi connectivity index (χ4n) is 1.16. The van der Waals surface area contributed by atoms with Gasteiger partial charge in [-0.2, -0.15) is 13.2 Å². The second kappa shape index (κ2) is 4.08. The molecule has 0 unspecified atom stereocenters. The number of allylic oxidation sites excluding steroid dienone is 1. The quantitative estimate of drug-likeness (QED) is 0.432. The first-order valence-electron chi connectivity index (χ1n) is 4.31. The summed E-state index contributed by atoms with van der Waals surface area (Å²) in [7, 11) is 0. The summed E-state index contributed by atoms with van der Waals surface area (Å²) in [4.78, 5) is 11.3. The molecular formula is C11H8F4O. The number of alkyl halides is 3. The highest BCUT2D eigenvalue weighted by molar-refractivity contribution is 6.08. The van der Waals surface area contributed by atoms with Crippen LogP contribution in [0.4, 0.5) is 17.6 Å². The molecule has 0 N–H and O–H groups in total. The minimum absolute atomic E-state index is 0.0155. The average Bonchev–Trinajstić information content (AvgIpc) is 2.15. The first-order valence-corrected chi connectivity index (χ1v) is 4.31. The lowest BCUT2D eigenvalue weighted by atomic mass is 10.0. The largest absolute Gasteiger partial charge is 0.419 e. The van der Waals surface area contributed by atoms with E-state index >= 15 is 0 Å². The molecule has 0 spiro atoms. The van der Waals surface area contributed by atoms with Crippen molar-refractivity contribution in [3.8, 4) is 0 Å². The summed E-state index contributed by atoms with van der Waals surface area (Å²) in [6.45, 7) is 4.57. The van der Waals surface area contributed by atoms with Crippen molar-refractivity contribution in [2.75, 3.05) is 0 Å². The van der Waals surface area contributed by atoms with Gasteiger partial charge in [0.2, 0.25) is 0 Å². The summed E-state index contributed by atoms with van der Waals surface area (Å²) in [6.07, 6.45) is -4.81. The Morgan fingerprint density at radius 1 is 1.31 bits per heavy atom. The third kappa shape index (κ3) is 2.29. The molecule has 0 heterocycles. The van der Waals surface area contributed by atoms with Gasteiger partial charge >= 0.3 is 6.18 Å². The molecule has 0 fully saturated rings. The molecule has 0 radical (unpaired) electrons. The normalized spacial score (nSPS) is 11.3. The third-order valence-corrected chi connectivity index (χ3v) is 1.94. The highest BCUT2D eigenvalue weighted by atomic mass is 19.4. The van der Waals surface area contributed by atoms with E-state index in [0.29, 0.717) is 6.07 Å². The summed E-state index contributed by atoms with van der Waals surface area (Å²) >= 11 is 0. The molecule has 0 aliphatic heterocycles. The summed E-state index contributed by atoms with van der Waals surface area (Å²) in [5.41, 5.74) is -2.07. The molecule has 1 rings (SSSR count). The molecule has 0 bridgehead atoms. The molecule has 0 atom stereocenters. The predicted molar refractivity (Wildman–Crippen MR) is 50.5 cm³/mol. The van der Waals surface area contributed by atoms with Crippen LogP contribution < -0.4 is 0 Å². The topological polar surface area (TPSA) is 17.1 Å². The summed E-state index contributed by atoms with van der Waals surface area (Å²) in [5.74, 6) is -2.38. The van der Waals surface area contributed by atoms with Crippen molar-refractivity contribution in [1.29, 1.82) is 0 Å². The number of rotatable bonds is 2. The van der Waals surface area contributed by atoms with Crippen LogP contribution in [-0.2, 0) is 6.18 Å². The fourth-order valence-corrected chi connectivity index (χ4v) is 1.16. The van der Waals surface area contributed by atoms with Crippen LogP contribution in [0.5, 0.6) is 0 Å². The summed E-state index contributed by atoms with van der Waals surface area (Å²) < 4.78 is 50.4. The Morgan fingerprint density at radius 3 is 2.31 bits per heavy atom. The van der Waals surface area contributed by atoms with Gasteiger partial charge in [-0.3, -0.25) is 4.79 Å². The molecule has 5 heteroatoms. The molecule has 1 nitrogen and oxygen atoms in total. The van der Waals surface area contributed by atoms with Crippen molar-refractivity contribution in [2.45, 2.75) is 13.1 Å². The Kier molecular flexibility index (Phi) is 3.16. The molecule has 0 saturated heterocycles. The zero-order valence-corrected chi connectivity index (χ0v) is 8.36. The van der Waals surface area contributed by atoms with E-state index in [4.69, 9.17) is 0 Å². The molecule has 0 aliphatic carbocycles. The van der Waals surface area contributed by atoms with Crippen LogP contribution in [0.15, 0.2) is 30.4 Å². The maximum absolute atomic E-state index is 13.4. The van der Waals surface area contributed by atoms with Crippen molar-refractivity contribution in [2.24, 2.45) is 0 Å². The van der Waals surface area contributed by atoms with Crippen LogP contribution in [0.3, 0.4) is 0 Å². The minimum atomic E-state index is -4.81. The van der Waals surface area contributed by atoms with E-state index in [2.05, 4.69) is 6.58 Å². The molecule has 16 heavy (non-hydrogen) atoms. The van der Waals surface area contributed by atoms with Gasteiger partial charge in [-0.1, -0.05) is 12.6 Å². The number of carbonyl (C=O) groups excluding carboxylic acids is 1. The van der Waals surface area contributed by atoms with Crippen LogP contribution in [-0.4, -0.2) is 5.78 Å². The van der Waals surface area contributed by atoms with Crippen LogP contribution in [0.25, 0.3) is 0 Å². The lowest BCUT2D eigenvalue weighted by molar-refractivity contribution is -0.140. The molecular weight excluding hydrogens is 224 g/mol. The monoisotopic (exact) mass is 232 g/mol. The second-order valence-electron chi connectivity index (χ2n) is 3.27. The van der Waals surface area contributed by atoms with Crippen LogP contribution in [0, 0.1) is 5.82 Å². The molecule has 1 aromatic rings. The average molecular weight is 232 g/mol. The van der Waals surface area contributed by atoms with Gasteiger partial charge in [0.05, 0.1) is 11.1 Å². The standard InChI is InChI=1S/C11H8F4O/c1-6(2)10(16)7-4-3-5-8(9(7)12)11(13,14)15/h3-5H,1H2,2H3. The van der Waals surface area contributed by atoms with Crippen LogP contribution in [0.2, 0.25) is 0 Å². The Morgan fingerprint density at radius 2 is 1.88 bits per heavy atom. The number of Topliss-reactive ketones (excluding diaryl/α,β-unsaturated/α-hetero) is 1. The highest BCUT2D eigenvalue weighted by Gasteiger charge is 2.35. The number of ketones is 1.